The first-order chi connectivity index (χ1) is 8.78. The summed E-state index contributed by atoms with van der Waals surface area (Å²) in [6.07, 6.45) is -4.62. The van der Waals surface area contributed by atoms with E-state index in [0.29, 0.717) is 10.8 Å². The van der Waals surface area contributed by atoms with Crippen molar-refractivity contribution in [3.8, 4) is 5.75 Å². The van der Waals surface area contributed by atoms with Crippen LogP contribution in [0.4, 0.5) is 13.2 Å². The van der Waals surface area contributed by atoms with E-state index in [1.807, 2.05) is 6.92 Å². The number of ether oxygens (including phenoxy) is 2. The summed E-state index contributed by atoms with van der Waals surface area (Å²) < 4.78 is 43.9. The van der Waals surface area contributed by atoms with E-state index >= 15 is 0 Å². The average Bonchev–Trinajstić information content (AvgIpc) is 2.26. The van der Waals surface area contributed by atoms with Crippen molar-refractivity contribution in [2.75, 3.05) is 13.2 Å². The van der Waals surface area contributed by atoms with Crippen LogP contribution in [0.15, 0.2) is 34.7 Å². The molecule has 0 aromatic heterocycles. The lowest BCUT2D eigenvalue weighted by atomic mass is 10.2. The number of alkyl halides is 3. The summed E-state index contributed by atoms with van der Waals surface area (Å²) in [6.45, 7) is 4.72. The molecule has 0 aliphatic heterocycles. The molecular weight excluding hydrogens is 279 g/mol. The Morgan fingerprint density at radius 1 is 1.37 bits per heavy atom. The van der Waals surface area contributed by atoms with Gasteiger partial charge in [0.05, 0.1) is 11.6 Å². The second kappa shape index (κ2) is 6.72. The van der Waals surface area contributed by atoms with Gasteiger partial charge in [0.25, 0.3) is 0 Å². The zero-order valence-electron chi connectivity index (χ0n) is 10.3. The van der Waals surface area contributed by atoms with E-state index in [-0.39, 0.29) is 6.61 Å². The van der Waals surface area contributed by atoms with E-state index in [1.54, 1.807) is 18.2 Å². The van der Waals surface area contributed by atoms with Gasteiger partial charge in [0, 0.05) is 4.90 Å². The summed E-state index contributed by atoms with van der Waals surface area (Å²) in [4.78, 5) is 0.923. The highest BCUT2D eigenvalue weighted by Crippen LogP contribution is 2.28. The van der Waals surface area contributed by atoms with Crippen LogP contribution in [0.5, 0.6) is 5.75 Å². The Bertz CT molecular complexity index is 449. The molecule has 106 valence electrons. The van der Waals surface area contributed by atoms with Gasteiger partial charge in [-0.25, -0.2) is 0 Å². The molecule has 19 heavy (non-hydrogen) atoms. The number of benzene rings is 1. The predicted molar refractivity (Wildman–Crippen MR) is 67.9 cm³/mol. The summed E-state index contributed by atoms with van der Waals surface area (Å²) in [5.41, 5.74) is 6.39. The molecule has 3 nitrogen and oxygen atoms in total. The summed E-state index contributed by atoms with van der Waals surface area (Å²) in [6, 6.07) is 5.16. The topological polar surface area (TPSA) is 44.5 Å². The third kappa shape index (κ3) is 6.40. The van der Waals surface area contributed by atoms with Gasteiger partial charge in [-0.2, -0.15) is 0 Å². The SMILES string of the molecule is C=C(N)Sc1ccc(OCCOC(F)(F)F)cc1C. The zero-order valence-corrected chi connectivity index (χ0v) is 11.1. The largest absolute Gasteiger partial charge is 0.522 e. The molecule has 0 atom stereocenters. The third-order valence-corrected chi connectivity index (χ3v) is 2.95. The lowest BCUT2D eigenvalue weighted by molar-refractivity contribution is -0.325. The smallest absolute Gasteiger partial charge is 0.491 e. The maximum absolute atomic E-state index is 11.7. The van der Waals surface area contributed by atoms with Crippen LogP contribution in [0.3, 0.4) is 0 Å². The van der Waals surface area contributed by atoms with E-state index in [2.05, 4.69) is 11.3 Å². The van der Waals surface area contributed by atoms with Gasteiger partial charge in [0.2, 0.25) is 0 Å². The molecule has 0 spiro atoms. The number of rotatable bonds is 6. The van der Waals surface area contributed by atoms with Crippen LogP contribution in [0, 0.1) is 6.92 Å². The van der Waals surface area contributed by atoms with Gasteiger partial charge in [-0.15, -0.1) is 13.2 Å². The van der Waals surface area contributed by atoms with Gasteiger partial charge in [-0.3, -0.25) is 4.74 Å². The van der Waals surface area contributed by atoms with Crippen LogP contribution in [0.2, 0.25) is 0 Å². The number of nitrogens with two attached hydrogens (primary N) is 1. The van der Waals surface area contributed by atoms with E-state index in [9.17, 15) is 13.2 Å². The minimum absolute atomic E-state index is 0.172. The number of halogens is 3. The fourth-order valence-corrected chi connectivity index (χ4v) is 1.92. The van der Waals surface area contributed by atoms with Crippen molar-refractivity contribution >= 4 is 11.8 Å². The lowest BCUT2D eigenvalue weighted by Gasteiger charge is -2.11. The molecule has 0 saturated carbocycles. The molecule has 0 radical (unpaired) electrons. The van der Waals surface area contributed by atoms with Gasteiger partial charge in [-0.1, -0.05) is 18.3 Å². The number of hydrogen-bond donors (Lipinski definition) is 1. The van der Waals surface area contributed by atoms with Gasteiger partial charge >= 0.3 is 6.36 Å². The second-order valence-corrected chi connectivity index (χ2v) is 4.81. The highest BCUT2D eigenvalue weighted by molar-refractivity contribution is 8.03. The Morgan fingerprint density at radius 3 is 2.58 bits per heavy atom. The van der Waals surface area contributed by atoms with E-state index < -0.39 is 13.0 Å². The lowest BCUT2D eigenvalue weighted by Crippen LogP contribution is -2.18. The summed E-state index contributed by atoms with van der Waals surface area (Å²) in [5.74, 6) is 0.482. The minimum Gasteiger partial charge on any atom is -0.491 e. The molecule has 0 unspecified atom stereocenters. The Morgan fingerprint density at radius 2 is 2.05 bits per heavy atom. The fraction of sp³-hybridized carbons (Fsp3) is 0.333. The average molecular weight is 293 g/mol. The van der Waals surface area contributed by atoms with Crippen LogP contribution in [-0.4, -0.2) is 19.6 Å². The molecule has 0 bridgehead atoms. The molecule has 1 aromatic rings. The normalized spacial score (nSPS) is 11.4. The van der Waals surface area contributed by atoms with E-state index in [4.69, 9.17) is 10.5 Å². The van der Waals surface area contributed by atoms with Gasteiger partial charge in [0.1, 0.15) is 12.4 Å². The molecule has 0 amide bonds. The molecule has 7 heteroatoms. The first kappa shape index (κ1) is 15.7. The number of aryl methyl sites for hydroxylation is 1. The van der Waals surface area contributed by atoms with Crippen LogP contribution < -0.4 is 10.5 Å². The molecule has 0 fully saturated rings. The van der Waals surface area contributed by atoms with Crippen molar-refractivity contribution in [1.29, 1.82) is 0 Å². The minimum atomic E-state index is -4.62. The zero-order chi connectivity index (χ0) is 14.5. The van der Waals surface area contributed by atoms with Gasteiger partial charge in [0.15, 0.2) is 0 Å². The van der Waals surface area contributed by atoms with Crippen molar-refractivity contribution in [2.24, 2.45) is 5.73 Å². The maximum atomic E-state index is 11.7. The second-order valence-electron chi connectivity index (χ2n) is 3.64. The maximum Gasteiger partial charge on any atom is 0.522 e. The van der Waals surface area contributed by atoms with Crippen molar-refractivity contribution in [3.05, 3.63) is 35.4 Å². The Kier molecular flexibility index (Phi) is 5.56. The Labute approximate surface area is 113 Å². The summed E-state index contributed by atoms with van der Waals surface area (Å²) >= 11 is 1.32. The summed E-state index contributed by atoms with van der Waals surface area (Å²) in [7, 11) is 0. The van der Waals surface area contributed by atoms with Crippen molar-refractivity contribution in [2.45, 2.75) is 18.2 Å². The van der Waals surface area contributed by atoms with Gasteiger partial charge in [-0.05, 0) is 30.7 Å². The first-order valence-electron chi connectivity index (χ1n) is 5.34. The molecule has 1 rings (SSSR count). The third-order valence-electron chi connectivity index (χ3n) is 2.01. The standard InChI is InChI=1S/C12H14F3NO2S/c1-8-7-10(3-4-11(8)19-9(2)16)17-5-6-18-12(13,14)15/h3-4,7H,2,5-6,16H2,1H3. The molecule has 0 aliphatic carbocycles. The quantitative estimate of drug-likeness (QED) is 0.644. The summed E-state index contributed by atoms with van der Waals surface area (Å²) in [5, 5.41) is 0.468. The molecule has 1 aromatic carbocycles. The van der Waals surface area contributed by atoms with E-state index in [0.717, 1.165) is 10.5 Å². The van der Waals surface area contributed by atoms with Crippen molar-refractivity contribution < 1.29 is 22.6 Å². The van der Waals surface area contributed by atoms with Crippen LogP contribution in [-0.2, 0) is 4.74 Å². The van der Waals surface area contributed by atoms with E-state index in [1.165, 1.54) is 11.8 Å². The van der Waals surface area contributed by atoms with Crippen LogP contribution in [0.25, 0.3) is 0 Å². The predicted octanol–water partition coefficient (Wildman–Crippen LogP) is 3.43. The Hall–Kier alpha value is -1.34. The molecule has 0 aliphatic rings. The number of thioether (sulfide) groups is 1. The van der Waals surface area contributed by atoms with Crippen molar-refractivity contribution in [3.63, 3.8) is 0 Å². The molecule has 0 heterocycles. The van der Waals surface area contributed by atoms with Crippen molar-refractivity contribution in [1.82, 2.24) is 0 Å². The highest BCUT2D eigenvalue weighted by atomic mass is 32.2. The molecule has 2 N–H and O–H groups in total. The Balaban J connectivity index is 2.48. The highest BCUT2D eigenvalue weighted by Gasteiger charge is 2.28. The molecule has 0 saturated heterocycles. The van der Waals surface area contributed by atoms with Crippen LogP contribution in [0.1, 0.15) is 5.56 Å². The monoisotopic (exact) mass is 293 g/mol. The fourth-order valence-electron chi connectivity index (χ4n) is 1.28. The van der Waals surface area contributed by atoms with Gasteiger partial charge < -0.3 is 10.5 Å². The first-order valence-corrected chi connectivity index (χ1v) is 6.16. The number of hydrogen-bond acceptors (Lipinski definition) is 4. The molecular formula is C12H14F3NO2S. The van der Waals surface area contributed by atoms with Crippen LogP contribution >= 0.6 is 11.8 Å².